The lowest BCUT2D eigenvalue weighted by Crippen LogP contribution is -2.48. The van der Waals surface area contributed by atoms with Gasteiger partial charge in [-0.1, -0.05) is 20.3 Å². The number of carbonyl (C=O) groups is 1. The first-order valence-corrected chi connectivity index (χ1v) is 4.12. The van der Waals surface area contributed by atoms with Crippen LogP contribution < -0.4 is 0 Å². The maximum Gasteiger partial charge on any atom is 0.338 e. The third-order valence-corrected chi connectivity index (χ3v) is 2.02. The van der Waals surface area contributed by atoms with Gasteiger partial charge in [-0.05, 0) is 12.8 Å². The van der Waals surface area contributed by atoms with Crippen molar-refractivity contribution in [1.82, 2.24) is 0 Å². The predicted molar refractivity (Wildman–Crippen MR) is 43.8 cm³/mol. The average Bonchev–Trinajstić information content (AvgIpc) is 2.03. The van der Waals surface area contributed by atoms with Gasteiger partial charge in [0.05, 0.1) is 6.10 Å². The summed E-state index contributed by atoms with van der Waals surface area (Å²) in [5, 5.41) is 27.4. The van der Waals surface area contributed by atoms with Gasteiger partial charge in [0.1, 0.15) is 0 Å². The van der Waals surface area contributed by atoms with Gasteiger partial charge in [0.2, 0.25) is 0 Å². The van der Waals surface area contributed by atoms with Crippen LogP contribution >= 0.6 is 0 Å². The normalized spacial score (nSPS) is 18.3. The molecule has 0 rings (SSSR count). The molecule has 3 N–H and O–H groups in total. The second-order valence-electron chi connectivity index (χ2n) is 2.89. The van der Waals surface area contributed by atoms with E-state index in [4.69, 9.17) is 5.11 Å². The van der Waals surface area contributed by atoms with Gasteiger partial charge in [0.25, 0.3) is 0 Å². The monoisotopic (exact) mass is 176 g/mol. The summed E-state index contributed by atoms with van der Waals surface area (Å²) < 4.78 is 0. The first kappa shape index (κ1) is 11.4. The Balaban J connectivity index is 4.39. The van der Waals surface area contributed by atoms with Crippen LogP contribution in [0.1, 0.15) is 33.1 Å². The van der Waals surface area contributed by atoms with Crippen molar-refractivity contribution >= 4 is 5.97 Å². The fraction of sp³-hybridized carbons (Fsp3) is 0.875. The molecule has 0 fully saturated rings. The van der Waals surface area contributed by atoms with E-state index in [0.717, 1.165) is 0 Å². The molecule has 2 atom stereocenters. The number of hydrogen-bond donors (Lipinski definition) is 3. The number of aliphatic carboxylic acids is 1. The van der Waals surface area contributed by atoms with Crippen LogP contribution in [0, 0.1) is 0 Å². The number of carboxylic acids is 1. The third kappa shape index (κ3) is 2.19. The molecule has 4 nitrogen and oxygen atoms in total. The van der Waals surface area contributed by atoms with Crippen molar-refractivity contribution in [3.8, 4) is 0 Å². The average molecular weight is 176 g/mol. The zero-order valence-electron chi connectivity index (χ0n) is 7.45. The molecule has 0 aromatic rings. The first-order chi connectivity index (χ1) is 5.49. The summed E-state index contributed by atoms with van der Waals surface area (Å²) >= 11 is 0. The third-order valence-electron chi connectivity index (χ3n) is 2.02. The van der Waals surface area contributed by atoms with E-state index in [2.05, 4.69) is 0 Å². The molecule has 72 valence electrons. The maximum atomic E-state index is 10.6. The molecule has 0 aromatic heterocycles. The number of hydrogen-bond acceptors (Lipinski definition) is 3. The molecule has 4 heteroatoms. The van der Waals surface area contributed by atoms with Crippen LogP contribution in [-0.4, -0.2) is 33.0 Å². The molecule has 12 heavy (non-hydrogen) atoms. The fourth-order valence-electron chi connectivity index (χ4n) is 1.04. The maximum absolute atomic E-state index is 10.6. The zero-order chi connectivity index (χ0) is 9.78. The van der Waals surface area contributed by atoms with Gasteiger partial charge < -0.3 is 15.3 Å². The summed E-state index contributed by atoms with van der Waals surface area (Å²) in [6.07, 6.45) is -0.207. The molecule has 0 aliphatic rings. The predicted octanol–water partition coefficient (Wildman–Crippen LogP) is 0.373. The highest BCUT2D eigenvalue weighted by Gasteiger charge is 2.40. The lowest BCUT2D eigenvalue weighted by molar-refractivity contribution is -0.172. The van der Waals surface area contributed by atoms with Crippen LogP contribution in [0.3, 0.4) is 0 Å². The molecule has 0 amide bonds. The molecule has 0 radical (unpaired) electrons. The minimum absolute atomic E-state index is 0.0174. The lowest BCUT2D eigenvalue weighted by Gasteiger charge is -2.27. The summed E-state index contributed by atoms with van der Waals surface area (Å²) in [6, 6.07) is 0. The smallest absolute Gasteiger partial charge is 0.338 e. The van der Waals surface area contributed by atoms with Crippen molar-refractivity contribution in [2.45, 2.75) is 44.8 Å². The standard InChI is InChI=1S/C8H16O4/c1-3-5-6(9)8(12,4-2)7(10)11/h6,9,12H,3-5H2,1-2H3,(H,10,11). The minimum Gasteiger partial charge on any atom is -0.479 e. The van der Waals surface area contributed by atoms with E-state index in [-0.39, 0.29) is 6.42 Å². The van der Waals surface area contributed by atoms with Crippen molar-refractivity contribution in [3.63, 3.8) is 0 Å². The summed E-state index contributed by atoms with van der Waals surface area (Å²) in [7, 11) is 0. The fourth-order valence-corrected chi connectivity index (χ4v) is 1.04. The highest BCUT2D eigenvalue weighted by atomic mass is 16.4. The van der Waals surface area contributed by atoms with Gasteiger partial charge in [0.15, 0.2) is 5.60 Å². The highest BCUT2D eigenvalue weighted by Crippen LogP contribution is 2.19. The van der Waals surface area contributed by atoms with E-state index in [1.54, 1.807) is 0 Å². The molecule has 0 aromatic carbocycles. The highest BCUT2D eigenvalue weighted by molar-refractivity contribution is 5.77. The van der Waals surface area contributed by atoms with Gasteiger partial charge >= 0.3 is 5.97 Å². The Morgan fingerprint density at radius 3 is 2.25 bits per heavy atom. The molecular formula is C8H16O4. The van der Waals surface area contributed by atoms with Crippen LogP contribution in [0.5, 0.6) is 0 Å². The zero-order valence-corrected chi connectivity index (χ0v) is 7.45. The number of aliphatic hydroxyl groups is 2. The van der Waals surface area contributed by atoms with Gasteiger partial charge in [-0.3, -0.25) is 0 Å². The molecule has 0 heterocycles. The second-order valence-corrected chi connectivity index (χ2v) is 2.89. The number of aliphatic hydroxyl groups excluding tert-OH is 1. The van der Waals surface area contributed by atoms with Gasteiger partial charge in [-0.15, -0.1) is 0 Å². The van der Waals surface area contributed by atoms with Gasteiger partial charge in [-0.25, -0.2) is 4.79 Å². The van der Waals surface area contributed by atoms with E-state index in [0.29, 0.717) is 12.8 Å². The Kier molecular flexibility index (Phi) is 4.20. The summed E-state index contributed by atoms with van der Waals surface area (Å²) in [5.74, 6) is -1.36. The molecule has 0 saturated heterocycles. The Bertz CT molecular complexity index is 157. The second kappa shape index (κ2) is 4.42. The topological polar surface area (TPSA) is 77.8 Å². The Hall–Kier alpha value is -0.610. The minimum atomic E-state index is -1.98. The van der Waals surface area contributed by atoms with E-state index in [1.165, 1.54) is 6.92 Å². The Labute approximate surface area is 71.8 Å². The van der Waals surface area contributed by atoms with Crippen molar-refractivity contribution in [2.24, 2.45) is 0 Å². The molecule has 2 unspecified atom stereocenters. The van der Waals surface area contributed by atoms with Crippen LogP contribution in [0.4, 0.5) is 0 Å². The van der Waals surface area contributed by atoms with Crippen molar-refractivity contribution in [1.29, 1.82) is 0 Å². The molecule has 0 saturated carbocycles. The van der Waals surface area contributed by atoms with Crippen molar-refractivity contribution < 1.29 is 20.1 Å². The summed E-state index contributed by atoms with van der Waals surface area (Å²) in [6.45, 7) is 3.36. The van der Waals surface area contributed by atoms with Crippen molar-refractivity contribution in [3.05, 3.63) is 0 Å². The summed E-state index contributed by atoms with van der Waals surface area (Å²) in [5.41, 5.74) is -1.98. The van der Waals surface area contributed by atoms with E-state index in [9.17, 15) is 15.0 Å². The van der Waals surface area contributed by atoms with Crippen LogP contribution in [0.15, 0.2) is 0 Å². The molecule has 0 aliphatic carbocycles. The number of rotatable bonds is 5. The molecule has 0 spiro atoms. The molecule has 0 bridgehead atoms. The first-order valence-electron chi connectivity index (χ1n) is 4.12. The Morgan fingerprint density at radius 2 is 2.00 bits per heavy atom. The van der Waals surface area contributed by atoms with E-state index < -0.39 is 17.7 Å². The Morgan fingerprint density at radius 1 is 1.50 bits per heavy atom. The molecule has 0 aliphatic heterocycles. The van der Waals surface area contributed by atoms with E-state index in [1.807, 2.05) is 6.92 Å². The summed E-state index contributed by atoms with van der Waals surface area (Å²) in [4.78, 5) is 10.6. The van der Waals surface area contributed by atoms with Gasteiger partial charge in [-0.2, -0.15) is 0 Å². The SMILES string of the molecule is CCCC(O)C(O)(CC)C(=O)O. The van der Waals surface area contributed by atoms with Crippen LogP contribution in [-0.2, 0) is 4.79 Å². The van der Waals surface area contributed by atoms with Crippen LogP contribution in [0.25, 0.3) is 0 Å². The molecular weight excluding hydrogens is 160 g/mol. The quantitative estimate of drug-likeness (QED) is 0.565. The lowest BCUT2D eigenvalue weighted by atomic mass is 9.91. The number of carboxylic acid groups (broad SMARTS) is 1. The van der Waals surface area contributed by atoms with Crippen molar-refractivity contribution in [2.75, 3.05) is 0 Å². The van der Waals surface area contributed by atoms with Crippen LogP contribution in [0.2, 0.25) is 0 Å². The van der Waals surface area contributed by atoms with E-state index >= 15 is 0 Å². The largest absolute Gasteiger partial charge is 0.479 e. The van der Waals surface area contributed by atoms with Gasteiger partial charge in [0, 0.05) is 0 Å².